The number of fused-ring (bicyclic) bond motifs is 2. The van der Waals surface area contributed by atoms with Gasteiger partial charge in [-0.1, -0.05) is 0 Å². The van der Waals surface area contributed by atoms with E-state index in [1.54, 1.807) is 6.26 Å². The van der Waals surface area contributed by atoms with Crippen molar-refractivity contribution in [3.8, 4) is 0 Å². The van der Waals surface area contributed by atoms with E-state index < -0.39 is 0 Å². The molecule has 0 saturated carbocycles. The van der Waals surface area contributed by atoms with Crippen LogP contribution in [0.2, 0.25) is 0 Å². The Bertz CT molecular complexity index is 565. The van der Waals surface area contributed by atoms with Gasteiger partial charge in [0.15, 0.2) is 0 Å². The largest absolute Gasteiger partial charge is 0.464 e. The molecule has 94 valence electrons. The van der Waals surface area contributed by atoms with E-state index in [4.69, 9.17) is 4.42 Å². The van der Waals surface area contributed by atoms with Gasteiger partial charge >= 0.3 is 0 Å². The smallest absolute Gasteiger partial charge is 0.139 e. The molecule has 0 unspecified atom stereocenters. The van der Waals surface area contributed by atoms with Crippen LogP contribution in [0.1, 0.15) is 12.8 Å². The fourth-order valence-electron chi connectivity index (χ4n) is 3.32. The number of anilines is 1. The molecule has 2 saturated heterocycles. The molecule has 2 aliphatic rings. The normalized spacial score (nSPS) is 24.7. The van der Waals surface area contributed by atoms with Crippen molar-refractivity contribution in [3.63, 3.8) is 0 Å². The number of nitrogens with zero attached hydrogens (tertiary/aromatic N) is 3. The predicted octanol–water partition coefficient (Wildman–Crippen LogP) is 2.11. The molecule has 0 aliphatic carbocycles. The lowest BCUT2D eigenvalue weighted by Gasteiger charge is -2.38. The SMILES string of the molecule is c1cc2occc2c(N2CCN3CCC[C@H]3C2)n1. The Morgan fingerprint density at radius 2 is 2.22 bits per heavy atom. The molecule has 4 heteroatoms. The third kappa shape index (κ3) is 1.52. The van der Waals surface area contributed by atoms with Crippen LogP contribution >= 0.6 is 0 Å². The molecule has 4 rings (SSSR count). The fourth-order valence-corrected chi connectivity index (χ4v) is 3.32. The highest BCUT2D eigenvalue weighted by Crippen LogP contribution is 2.29. The monoisotopic (exact) mass is 243 g/mol. The summed E-state index contributed by atoms with van der Waals surface area (Å²) in [5, 5.41) is 1.14. The third-order valence-corrected chi connectivity index (χ3v) is 4.25. The maximum absolute atomic E-state index is 5.46. The van der Waals surface area contributed by atoms with Crippen molar-refractivity contribution < 1.29 is 4.42 Å². The van der Waals surface area contributed by atoms with E-state index in [-0.39, 0.29) is 0 Å². The first kappa shape index (κ1) is 10.4. The molecule has 2 fully saturated rings. The zero-order chi connectivity index (χ0) is 11.9. The minimum absolute atomic E-state index is 0.725. The van der Waals surface area contributed by atoms with Gasteiger partial charge in [-0.05, 0) is 31.5 Å². The summed E-state index contributed by atoms with van der Waals surface area (Å²) in [6.07, 6.45) is 6.28. The minimum atomic E-state index is 0.725. The number of hydrogen-bond donors (Lipinski definition) is 0. The third-order valence-electron chi connectivity index (χ3n) is 4.25. The van der Waals surface area contributed by atoms with Crippen molar-refractivity contribution in [2.24, 2.45) is 0 Å². The quantitative estimate of drug-likeness (QED) is 0.768. The summed E-state index contributed by atoms with van der Waals surface area (Å²) < 4.78 is 5.46. The summed E-state index contributed by atoms with van der Waals surface area (Å²) in [4.78, 5) is 9.60. The van der Waals surface area contributed by atoms with Crippen LogP contribution in [0.4, 0.5) is 5.82 Å². The number of pyridine rings is 1. The zero-order valence-corrected chi connectivity index (χ0v) is 10.4. The summed E-state index contributed by atoms with van der Waals surface area (Å²) in [5.74, 6) is 1.09. The van der Waals surface area contributed by atoms with Crippen LogP contribution in [-0.2, 0) is 0 Å². The van der Waals surface area contributed by atoms with E-state index in [1.807, 2.05) is 18.3 Å². The van der Waals surface area contributed by atoms with Crippen molar-refractivity contribution in [2.75, 3.05) is 31.1 Å². The maximum Gasteiger partial charge on any atom is 0.139 e. The Morgan fingerprint density at radius 3 is 3.22 bits per heavy atom. The van der Waals surface area contributed by atoms with Crippen molar-refractivity contribution in [1.82, 2.24) is 9.88 Å². The van der Waals surface area contributed by atoms with Crippen LogP contribution in [0.25, 0.3) is 11.0 Å². The van der Waals surface area contributed by atoms with Crippen LogP contribution in [0.3, 0.4) is 0 Å². The molecule has 0 aromatic carbocycles. The molecule has 0 N–H and O–H groups in total. The fraction of sp³-hybridized carbons (Fsp3) is 0.500. The second kappa shape index (κ2) is 3.99. The molecule has 4 heterocycles. The zero-order valence-electron chi connectivity index (χ0n) is 10.4. The molecule has 2 aromatic rings. The second-order valence-corrected chi connectivity index (χ2v) is 5.25. The Kier molecular flexibility index (Phi) is 2.30. The van der Waals surface area contributed by atoms with Gasteiger partial charge in [-0.25, -0.2) is 4.98 Å². The molecule has 0 bridgehead atoms. The van der Waals surface area contributed by atoms with Crippen LogP contribution in [0, 0.1) is 0 Å². The average molecular weight is 243 g/mol. The standard InChI is InChI=1S/C14H17N3O/c1-2-11-10-17(8-7-16(11)6-1)14-12-4-9-18-13(12)3-5-15-14/h3-5,9,11H,1-2,6-8,10H2/t11-/m0/s1. The molecule has 2 aromatic heterocycles. The number of hydrogen-bond acceptors (Lipinski definition) is 4. The number of aromatic nitrogens is 1. The first-order valence-corrected chi connectivity index (χ1v) is 6.73. The van der Waals surface area contributed by atoms with E-state index in [9.17, 15) is 0 Å². The van der Waals surface area contributed by atoms with Crippen molar-refractivity contribution in [3.05, 3.63) is 24.6 Å². The summed E-state index contributed by atoms with van der Waals surface area (Å²) >= 11 is 0. The first-order valence-electron chi connectivity index (χ1n) is 6.73. The second-order valence-electron chi connectivity index (χ2n) is 5.25. The molecule has 2 aliphatic heterocycles. The lowest BCUT2D eigenvalue weighted by molar-refractivity contribution is 0.230. The van der Waals surface area contributed by atoms with Crippen LogP contribution < -0.4 is 4.90 Å². The molecule has 18 heavy (non-hydrogen) atoms. The maximum atomic E-state index is 5.46. The molecule has 1 atom stereocenters. The predicted molar refractivity (Wildman–Crippen MR) is 70.8 cm³/mol. The van der Waals surface area contributed by atoms with Gasteiger partial charge < -0.3 is 9.32 Å². The molecular formula is C14H17N3O. The minimum Gasteiger partial charge on any atom is -0.464 e. The van der Waals surface area contributed by atoms with E-state index >= 15 is 0 Å². The molecule has 0 amide bonds. The number of furan rings is 1. The van der Waals surface area contributed by atoms with Gasteiger partial charge in [0.25, 0.3) is 0 Å². The average Bonchev–Trinajstić information content (AvgIpc) is 3.05. The molecular weight excluding hydrogens is 226 g/mol. The van der Waals surface area contributed by atoms with Crippen molar-refractivity contribution >= 4 is 16.8 Å². The van der Waals surface area contributed by atoms with Gasteiger partial charge in [-0.15, -0.1) is 0 Å². The lowest BCUT2D eigenvalue weighted by Crippen LogP contribution is -2.50. The Morgan fingerprint density at radius 1 is 1.22 bits per heavy atom. The summed E-state index contributed by atoms with van der Waals surface area (Å²) in [7, 11) is 0. The van der Waals surface area contributed by atoms with Gasteiger partial charge in [0.1, 0.15) is 11.4 Å². The van der Waals surface area contributed by atoms with Crippen LogP contribution in [-0.4, -0.2) is 42.1 Å². The Labute approximate surface area is 106 Å². The highest BCUT2D eigenvalue weighted by Gasteiger charge is 2.31. The van der Waals surface area contributed by atoms with Crippen molar-refractivity contribution in [1.29, 1.82) is 0 Å². The van der Waals surface area contributed by atoms with E-state index in [0.717, 1.165) is 35.9 Å². The van der Waals surface area contributed by atoms with Crippen LogP contribution in [0.15, 0.2) is 29.0 Å². The molecule has 4 nitrogen and oxygen atoms in total. The summed E-state index contributed by atoms with van der Waals surface area (Å²) in [5.41, 5.74) is 0.939. The number of rotatable bonds is 1. The van der Waals surface area contributed by atoms with Gasteiger partial charge in [0, 0.05) is 31.9 Å². The van der Waals surface area contributed by atoms with E-state index in [0.29, 0.717) is 0 Å². The van der Waals surface area contributed by atoms with E-state index in [1.165, 1.54) is 25.9 Å². The summed E-state index contributed by atoms with van der Waals surface area (Å²) in [6, 6.07) is 4.69. The lowest BCUT2D eigenvalue weighted by atomic mass is 10.1. The van der Waals surface area contributed by atoms with Crippen molar-refractivity contribution in [2.45, 2.75) is 18.9 Å². The first-order chi connectivity index (χ1) is 8.92. The van der Waals surface area contributed by atoms with E-state index in [2.05, 4.69) is 14.8 Å². The Balaban J connectivity index is 1.68. The summed E-state index contributed by atoms with van der Waals surface area (Å²) in [6.45, 7) is 4.63. The Hall–Kier alpha value is -1.55. The highest BCUT2D eigenvalue weighted by atomic mass is 16.3. The number of piperazine rings is 1. The highest BCUT2D eigenvalue weighted by molar-refractivity contribution is 5.88. The topological polar surface area (TPSA) is 32.5 Å². The van der Waals surface area contributed by atoms with Gasteiger partial charge in [-0.3, -0.25) is 4.90 Å². The molecule has 0 radical (unpaired) electrons. The van der Waals surface area contributed by atoms with Gasteiger partial charge in [0.05, 0.1) is 11.6 Å². The van der Waals surface area contributed by atoms with Crippen LogP contribution in [0.5, 0.6) is 0 Å². The molecule has 0 spiro atoms. The van der Waals surface area contributed by atoms with Gasteiger partial charge in [0.2, 0.25) is 0 Å². The van der Waals surface area contributed by atoms with Gasteiger partial charge in [-0.2, -0.15) is 0 Å².